The van der Waals surface area contributed by atoms with E-state index in [1.54, 1.807) is 11.3 Å². The molecular weight excluding hydrogens is 420 g/mol. The van der Waals surface area contributed by atoms with E-state index in [-0.39, 0.29) is 11.2 Å². The molecule has 4 rings (SSSR count). The topological polar surface area (TPSA) is 66.7 Å². The van der Waals surface area contributed by atoms with Gasteiger partial charge in [-0.3, -0.25) is 4.79 Å². The van der Waals surface area contributed by atoms with E-state index in [4.69, 9.17) is 0 Å². The number of para-hydroxylation sites is 1. The molecule has 0 saturated heterocycles. The van der Waals surface area contributed by atoms with Crippen LogP contribution in [0.1, 0.15) is 24.5 Å². The number of carbonyl (C=O) groups excluding carboxylic acids is 1. The van der Waals surface area contributed by atoms with Crippen LogP contribution >= 0.6 is 34.9 Å². The highest BCUT2D eigenvalue weighted by atomic mass is 32.2. The quantitative estimate of drug-likeness (QED) is 0.561. The first-order chi connectivity index (χ1) is 14.1. The number of fused-ring (bicyclic) bond motifs is 1. The molecule has 2 aromatic carbocycles. The zero-order valence-corrected chi connectivity index (χ0v) is 18.5. The lowest BCUT2D eigenvalue weighted by Crippen LogP contribution is -2.36. The average Bonchev–Trinajstić information content (AvgIpc) is 3.16. The van der Waals surface area contributed by atoms with Crippen molar-refractivity contribution < 1.29 is 4.79 Å². The van der Waals surface area contributed by atoms with E-state index in [0.29, 0.717) is 17.3 Å². The smallest absolute Gasteiger partial charge is 0.239 e. The molecule has 2 heterocycles. The summed E-state index contributed by atoms with van der Waals surface area (Å²) in [5.74, 6) is 0.626. The number of carbonyl (C=O) groups is 1. The fourth-order valence-corrected chi connectivity index (χ4v) is 5.78. The molecular formula is C21H20N4OS3. The molecule has 1 aliphatic heterocycles. The summed E-state index contributed by atoms with van der Waals surface area (Å²) in [5.41, 5.74) is 4.17. The van der Waals surface area contributed by atoms with Crippen LogP contribution < -0.4 is 5.32 Å². The van der Waals surface area contributed by atoms with Crippen molar-refractivity contribution >= 4 is 61.9 Å². The maximum Gasteiger partial charge on any atom is 0.239 e. The van der Waals surface area contributed by atoms with E-state index < -0.39 is 0 Å². The predicted octanol–water partition coefficient (Wildman–Crippen LogP) is 5.10. The first kappa shape index (κ1) is 20.1. The number of amidine groups is 1. The normalized spacial score (nSPS) is 15.0. The van der Waals surface area contributed by atoms with Crippen molar-refractivity contribution in [2.45, 2.75) is 29.9 Å². The highest BCUT2D eigenvalue weighted by molar-refractivity contribution is 8.14. The fraction of sp³-hybridized carbons (Fsp3) is 0.238. The molecule has 0 saturated carbocycles. The van der Waals surface area contributed by atoms with E-state index >= 15 is 0 Å². The number of aryl methyl sites for hydroxylation is 1. The molecule has 5 nitrogen and oxygen atoms in total. The van der Waals surface area contributed by atoms with E-state index in [1.165, 1.54) is 29.1 Å². The van der Waals surface area contributed by atoms with Crippen LogP contribution in [0.5, 0.6) is 0 Å². The van der Waals surface area contributed by atoms with Crippen molar-refractivity contribution in [1.82, 2.24) is 10.3 Å². The Hall–Kier alpha value is -2.16. The van der Waals surface area contributed by atoms with Crippen LogP contribution in [0.15, 0.2) is 63.1 Å². The number of thioether (sulfide) groups is 2. The molecule has 0 fully saturated rings. The van der Waals surface area contributed by atoms with Gasteiger partial charge in [-0.1, -0.05) is 72.4 Å². The van der Waals surface area contributed by atoms with Gasteiger partial charge in [0.25, 0.3) is 0 Å². The summed E-state index contributed by atoms with van der Waals surface area (Å²) in [5, 5.41) is 11.8. The van der Waals surface area contributed by atoms with Gasteiger partial charge in [0.1, 0.15) is 0 Å². The van der Waals surface area contributed by atoms with E-state index in [0.717, 1.165) is 25.8 Å². The second kappa shape index (κ2) is 9.11. The molecule has 1 aliphatic rings. The summed E-state index contributed by atoms with van der Waals surface area (Å²) in [4.78, 5) is 17.4. The van der Waals surface area contributed by atoms with Gasteiger partial charge >= 0.3 is 0 Å². The Morgan fingerprint density at radius 3 is 2.66 bits per heavy atom. The Balaban J connectivity index is 1.41. The first-order valence-electron chi connectivity index (χ1n) is 9.30. The van der Waals surface area contributed by atoms with Gasteiger partial charge < -0.3 is 5.32 Å². The molecule has 29 heavy (non-hydrogen) atoms. The summed E-state index contributed by atoms with van der Waals surface area (Å²) in [6.07, 6.45) is 0.711. The molecule has 3 aromatic rings. The fourth-order valence-electron chi connectivity index (χ4n) is 2.78. The monoisotopic (exact) mass is 440 g/mol. The molecule has 1 atom stereocenters. The molecule has 1 amide bonds. The van der Waals surface area contributed by atoms with Gasteiger partial charge in [0.2, 0.25) is 5.91 Å². The van der Waals surface area contributed by atoms with Crippen molar-refractivity contribution in [2.75, 3.05) is 5.75 Å². The van der Waals surface area contributed by atoms with Crippen LogP contribution in [0.4, 0.5) is 0 Å². The molecule has 0 spiro atoms. The average molecular weight is 441 g/mol. The first-order valence-corrected chi connectivity index (χ1v) is 12.0. The Bertz CT molecular complexity index is 1060. The minimum Gasteiger partial charge on any atom is -0.303 e. The highest BCUT2D eigenvalue weighted by Gasteiger charge is 2.23. The molecule has 148 valence electrons. The number of amides is 1. The van der Waals surface area contributed by atoms with Crippen LogP contribution in [-0.2, 0) is 4.79 Å². The Kier molecular flexibility index (Phi) is 6.32. The zero-order chi connectivity index (χ0) is 20.2. The molecule has 0 aliphatic carbocycles. The molecule has 0 unspecified atom stereocenters. The summed E-state index contributed by atoms with van der Waals surface area (Å²) >= 11 is 4.62. The van der Waals surface area contributed by atoms with E-state index in [2.05, 4.69) is 57.8 Å². The van der Waals surface area contributed by atoms with Gasteiger partial charge in [0.15, 0.2) is 9.51 Å². The predicted molar refractivity (Wildman–Crippen MR) is 125 cm³/mol. The lowest BCUT2D eigenvalue weighted by atomic mass is 10.1. The summed E-state index contributed by atoms with van der Waals surface area (Å²) in [6, 6.07) is 16.3. The summed E-state index contributed by atoms with van der Waals surface area (Å²) in [6.45, 7) is 4.07. The number of nitrogens with zero attached hydrogens (tertiary/aromatic N) is 3. The SMILES string of the molecule is CC[C@H](Sc1nc2ccccc2s1)C(=O)NC1=NN=C(c2ccc(C)cc2)CS1. The third-order valence-corrected chi connectivity index (χ3v) is 7.77. The Morgan fingerprint density at radius 1 is 1.17 bits per heavy atom. The number of thiazole rings is 1. The lowest BCUT2D eigenvalue weighted by molar-refractivity contribution is -0.119. The van der Waals surface area contributed by atoms with Crippen molar-refractivity contribution in [1.29, 1.82) is 0 Å². The summed E-state index contributed by atoms with van der Waals surface area (Å²) < 4.78 is 2.04. The third kappa shape index (κ3) is 4.88. The molecule has 0 radical (unpaired) electrons. The van der Waals surface area contributed by atoms with Crippen LogP contribution in [0.3, 0.4) is 0 Å². The largest absolute Gasteiger partial charge is 0.303 e. The highest BCUT2D eigenvalue weighted by Crippen LogP contribution is 2.33. The number of hydrogen-bond acceptors (Lipinski definition) is 7. The Morgan fingerprint density at radius 2 is 1.97 bits per heavy atom. The van der Waals surface area contributed by atoms with Crippen molar-refractivity contribution in [3.05, 3.63) is 59.7 Å². The van der Waals surface area contributed by atoms with Gasteiger partial charge in [0.05, 0.1) is 21.2 Å². The van der Waals surface area contributed by atoms with Crippen molar-refractivity contribution in [3.8, 4) is 0 Å². The lowest BCUT2D eigenvalue weighted by Gasteiger charge is -2.16. The maximum atomic E-state index is 12.8. The zero-order valence-electron chi connectivity index (χ0n) is 16.1. The number of nitrogens with one attached hydrogen (secondary N) is 1. The summed E-state index contributed by atoms with van der Waals surface area (Å²) in [7, 11) is 0. The number of hydrogen-bond donors (Lipinski definition) is 1. The minimum absolute atomic E-state index is 0.0583. The number of aromatic nitrogens is 1. The molecule has 1 aromatic heterocycles. The van der Waals surface area contributed by atoms with Crippen molar-refractivity contribution in [3.63, 3.8) is 0 Å². The van der Waals surface area contributed by atoms with Gasteiger partial charge in [0, 0.05) is 5.75 Å². The van der Waals surface area contributed by atoms with Crippen LogP contribution in [0.2, 0.25) is 0 Å². The minimum atomic E-state index is -0.221. The second-order valence-electron chi connectivity index (χ2n) is 6.56. The molecule has 8 heteroatoms. The van der Waals surface area contributed by atoms with Crippen LogP contribution in [0, 0.1) is 6.92 Å². The van der Waals surface area contributed by atoms with Gasteiger partial charge in [-0.15, -0.1) is 16.4 Å². The van der Waals surface area contributed by atoms with E-state index in [1.807, 2.05) is 25.1 Å². The maximum absolute atomic E-state index is 12.8. The van der Waals surface area contributed by atoms with E-state index in [9.17, 15) is 4.79 Å². The molecule has 1 N–H and O–H groups in total. The standard InChI is InChI=1S/C21H20N4OS3/c1-3-17(28-21-22-15-6-4-5-7-18(15)29-21)19(26)23-20-25-24-16(12-27-20)14-10-8-13(2)9-11-14/h4-11,17H,3,12H2,1-2H3,(H,23,25,26)/t17-/m0/s1. The van der Waals surface area contributed by atoms with Crippen molar-refractivity contribution in [2.24, 2.45) is 10.2 Å². The number of benzene rings is 2. The molecule has 0 bridgehead atoms. The van der Waals surface area contributed by atoms with Gasteiger partial charge in [-0.05, 0) is 31.0 Å². The van der Waals surface area contributed by atoms with Gasteiger partial charge in [-0.25, -0.2) is 4.98 Å². The van der Waals surface area contributed by atoms with Crippen LogP contribution in [0.25, 0.3) is 10.2 Å². The second-order valence-corrected chi connectivity index (χ2v) is 10.0. The van der Waals surface area contributed by atoms with Gasteiger partial charge in [-0.2, -0.15) is 5.10 Å². The van der Waals surface area contributed by atoms with Crippen LogP contribution in [-0.4, -0.2) is 32.8 Å². The Labute approximate surface area is 182 Å². The third-order valence-electron chi connectivity index (χ3n) is 4.40. The number of rotatable bonds is 5.